The molecule has 2 amide bonds. The van der Waals surface area contributed by atoms with Crippen molar-refractivity contribution in [2.45, 2.75) is 25.5 Å². The molecule has 1 atom stereocenters. The standard InChI is InChI=1S/C15H17N3O2S/c1-9-3-4-11(10(2)7-9)17-13(19)8-12-14(20)18-6-5-16-15(18)21-12/h3-4,7,12H,5-6,8H2,1-2H3,(H,17,19)/t12-/m0/s1. The van der Waals surface area contributed by atoms with Crippen LogP contribution in [0.1, 0.15) is 17.5 Å². The Hall–Kier alpha value is -1.82. The van der Waals surface area contributed by atoms with Crippen molar-refractivity contribution in [1.82, 2.24) is 4.90 Å². The summed E-state index contributed by atoms with van der Waals surface area (Å²) in [6.07, 6.45) is 0.187. The van der Waals surface area contributed by atoms with Gasteiger partial charge in [0.05, 0.1) is 6.54 Å². The fraction of sp³-hybridized carbons (Fsp3) is 0.400. The van der Waals surface area contributed by atoms with Crippen LogP contribution in [0.15, 0.2) is 23.2 Å². The Morgan fingerprint density at radius 1 is 1.48 bits per heavy atom. The van der Waals surface area contributed by atoms with Crippen LogP contribution < -0.4 is 5.32 Å². The largest absolute Gasteiger partial charge is 0.326 e. The molecule has 1 saturated heterocycles. The average Bonchev–Trinajstić information content (AvgIpc) is 2.98. The first-order valence-electron chi connectivity index (χ1n) is 6.94. The molecule has 2 aliphatic heterocycles. The van der Waals surface area contributed by atoms with Crippen LogP contribution in [0, 0.1) is 13.8 Å². The number of thioether (sulfide) groups is 1. The third kappa shape index (κ3) is 2.81. The van der Waals surface area contributed by atoms with Crippen LogP contribution >= 0.6 is 11.8 Å². The second-order valence-electron chi connectivity index (χ2n) is 5.33. The van der Waals surface area contributed by atoms with Crippen molar-refractivity contribution in [3.63, 3.8) is 0 Å². The molecule has 1 N–H and O–H groups in total. The number of rotatable bonds is 3. The van der Waals surface area contributed by atoms with Crippen LogP contribution in [-0.4, -0.2) is 40.2 Å². The smallest absolute Gasteiger partial charge is 0.242 e. The molecule has 0 unspecified atom stereocenters. The maximum Gasteiger partial charge on any atom is 0.242 e. The Kier molecular flexibility index (Phi) is 3.71. The summed E-state index contributed by atoms with van der Waals surface area (Å²) in [4.78, 5) is 30.2. The van der Waals surface area contributed by atoms with Gasteiger partial charge in [0.15, 0.2) is 5.17 Å². The lowest BCUT2D eigenvalue weighted by Gasteiger charge is -2.12. The highest BCUT2D eigenvalue weighted by Gasteiger charge is 2.40. The van der Waals surface area contributed by atoms with E-state index in [-0.39, 0.29) is 23.5 Å². The van der Waals surface area contributed by atoms with Crippen LogP contribution in [0.3, 0.4) is 0 Å². The fourth-order valence-corrected chi connectivity index (χ4v) is 3.73. The predicted octanol–water partition coefficient (Wildman–Crippen LogP) is 1.95. The van der Waals surface area contributed by atoms with Crippen molar-refractivity contribution in [3.8, 4) is 0 Å². The second-order valence-corrected chi connectivity index (χ2v) is 6.50. The molecule has 21 heavy (non-hydrogen) atoms. The molecule has 1 aromatic carbocycles. The second kappa shape index (κ2) is 5.52. The molecule has 0 bridgehead atoms. The summed E-state index contributed by atoms with van der Waals surface area (Å²) in [5, 5.41) is 3.32. The quantitative estimate of drug-likeness (QED) is 0.928. The number of aliphatic imine (C=N–C) groups is 1. The number of benzene rings is 1. The van der Waals surface area contributed by atoms with Crippen molar-refractivity contribution in [1.29, 1.82) is 0 Å². The molecule has 0 aliphatic carbocycles. The summed E-state index contributed by atoms with van der Waals surface area (Å²) in [6, 6.07) is 5.88. The summed E-state index contributed by atoms with van der Waals surface area (Å²) >= 11 is 1.40. The number of amides is 2. The number of aryl methyl sites for hydroxylation is 2. The number of amidine groups is 1. The van der Waals surface area contributed by atoms with E-state index in [4.69, 9.17) is 0 Å². The summed E-state index contributed by atoms with van der Waals surface area (Å²) in [7, 11) is 0. The summed E-state index contributed by atoms with van der Waals surface area (Å²) < 4.78 is 0. The normalized spacial score (nSPS) is 20.5. The van der Waals surface area contributed by atoms with Gasteiger partial charge in [0.1, 0.15) is 5.25 Å². The molecule has 0 saturated carbocycles. The van der Waals surface area contributed by atoms with Gasteiger partial charge in [-0.15, -0.1) is 0 Å². The summed E-state index contributed by atoms with van der Waals surface area (Å²) in [6.45, 7) is 5.30. The molecule has 0 aromatic heterocycles. The first-order chi connectivity index (χ1) is 10.0. The van der Waals surface area contributed by atoms with E-state index < -0.39 is 0 Å². The maximum atomic E-state index is 12.1. The lowest BCUT2D eigenvalue weighted by molar-refractivity contribution is -0.127. The SMILES string of the molecule is Cc1ccc(NC(=O)C[C@@H]2SC3=NCCN3C2=O)c(C)c1. The first kappa shape index (κ1) is 14.1. The molecule has 1 fully saturated rings. The van der Waals surface area contributed by atoms with Crippen molar-refractivity contribution in [3.05, 3.63) is 29.3 Å². The van der Waals surface area contributed by atoms with E-state index in [1.54, 1.807) is 4.90 Å². The minimum atomic E-state index is -0.338. The van der Waals surface area contributed by atoms with Crippen LogP contribution in [0.4, 0.5) is 5.69 Å². The number of hydrogen-bond acceptors (Lipinski definition) is 4. The van der Waals surface area contributed by atoms with E-state index in [0.717, 1.165) is 22.0 Å². The molecular weight excluding hydrogens is 286 g/mol. The Bertz CT molecular complexity index is 642. The van der Waals surface area contributed by atoms with E-state index in [1.807, 2.05) is 32.0 Å². The van der Waals surface area contributed by atoms with Crippen LogP contribution in [0.5, 0.6) is 0 Å². The highest BCUT2D eigenvalue weighted by atomic mass is 32.2. The highest BCUT2D eigenvalue weighted by molar-refractivity contribution is 8.15. The minimum absolute atomic E-state index is 0.00651. The fourth-order valence-electron chi connectivity index (χ4n) is 2.54. The summed E-state index contributed by atoms with van der Waals surface area (Å²) in [5.41, 5.74) is 2.99. The molecule has 2 aliphatic rings. The molecule has 2 heterocycles. The zero-order chi connectivity index (χ0) is 15.0. The van der Waals surface area contributed by atoms with Gasteiger partial charge in [0.2, 0.25) is 11.8 Å². The lowest BCUT2D eigenvalue weighted by atomic mass is 10.1. The number of carbonyl (C=O) groups is 2. The van der Waals surface area contributed by atoms with E-state index >= 15 is 0 Å². The minimum Gasteiger partial charge on any atom is -0.326 e. The molecule has 0 spiro atoms. The molecule has 6 heteroatoms. The van der Waals surface area contributed by atoms with Crippen molar-refractivity contribution in [2.24, 2.45) is 4.99 Å². The van der Waals surface area contributed by atoms with Gasteiger partial charge < -0.3 is 5.32 Å². The van der Waals surface area contributed by atoms with Crippen molar-refractivity contribution >= 4 is 34.4 Å². The topological polar surface area (TPSA) is 61.8 Å². The Morgan fingerprint density at radius 2 is 2.29 bits per heavy atom. The average molecular weight is 303 g/mol. The lowest BCUT2D eigenvalue weighted by Crippen LogP contribution is -2.32. The summed E-state index contributed by atoms with van der Waals surface area (Å²) in [5.74, 6) is -0.124. The van der Waals surface area contributed by atoms with Gasteiger partial charge in [-0.25, -0.2) is 0 Å². The zero-order valence-electron chi connectivity index (χ0n) is 12.0. The van der Waals surface area contributed by atoms with Crippen LogP contribution in [0.25, 0.3) is 0 Å². The number of hydrogen-bond donors (Lipinski definition) is 1. The number of fused-ring (bicyclic) bond motifs is 1. The van der Waals surface area contributed by atoms with Gasteiger partial charge in [-0.2, -0.15) is 0 Å². The molecule has 3 rings (SSSR count). The van der Waals surface area contributed by atoms with Gasteiger partial charge in [-0.3, -0.25) is 19.5 Å². The van der Waals surface area contributed by atoms with Crippen molar-refractivity contribution < 1.29 is 9.59 Å². The third-order valence-corrected chi connectivity index (χ3v) is 4.83. The van der Waals surface area contributed by atoms with E-state index in [0.29, 0.717) is 13.1 Å². The van der Waals surface area contributed by atoms with Crippen LogP contribution in [0.2, 0.25) is 0 Å². The number of nitrogens with one attached hydrogen (secondary N) is 1. The molecule has 110 valence electrons. The van der Waals surface area contributed by atoms with Crippen molar-refractivity contribution in [2.75, 3.05) is 18.4 Å². The highest BCUT2D eigenvalue weighted by Crippen LogP contribution is 2.31. The first-order valence-corrected chi connectivity index (χ1v) is 7.82. The van der Waals surface area contributed by atoms with Gasteiger partial charge in [-0.1, -0.05) is 29.5 Å². The van der Waals surface area contributed by atoms with E-state index in [1.165, 1.54) is 11.8 Å². The molecule has 1 aromatic rings. The monoisotopic (exact) mass is 303 g/mol. The molecule has 5 nitrogen and oxygen atoms in total. The number of carbonyl (C=O) groups excluding carboxylic acids is 2. The Morgan fingerprint density at radius 3 is 3.00 bits per heavy atom. The predicted molar refractivity (Wildman–Crippen MR) is 84.6 cm³/mol. The van der Waals surface area contributed by atoms with Gasteiger partial charge in [0, 0.05) is 18.7 Å². The molecular formula is C15H17N3O2S. The van der Waals surface area contributed by atoms with E-state index in [9.17, 15) is 9.59 Å². The number of anilines is 1. The Labute approximate surface area is 127 Å². The number of nitrogens with zero attached hydrogens (tertiary/aromatic N) is 2. The van der Waals surface area contributed by atoms with E-state index in [2.05, 4.69) is 10.3 Å². The van der Waals surface area contributed by atoms with Crippen LogP contribution in [-0.2, 0) is 9.59 Å². The maximum absolute atomic E-state index is 12.1. The zero-order valence-corrected chi connectivity index (χ0v) is 12.9. The molecule has 0 radical (unpaired) electrons. The Balaban J connectivity index is 1.63. The third-order valence-electron chi connectivity index (χ3n) is 3.62. The van der Waals surface area contributed by atoms with Gasteiger partial charge in [-0.05, 0) is 25.5 Å². The van der Waals surface area contributed by atoms with Gasteiger partial charge in [0.25, 0.3) is 0 Å². The van der Waals surface area contributed by atoms with Gasteiger partial charge >= 0.3 is 0 Å².